The number of aliphatic carboxylic acids is 2. The SMILES string of the molecule is CC[C@H](C)[C@H](NC(=O)[C@H](CC(=O)O)NC(=O)[C@H](C)N)C(=O)N[C@H](C(=O)N[C@@H](CCSC)C(=O)O)C(C)C. The minimum atomic E-state index is -1.48. The molecule has 0 unspecified atom stereocenters. The third kappa shape index (κ3) is 12.3. The zero-order valence-corrected chi connectivity index (χ0v) is 23.0. The van der Waals surface area contributed by atoms with Crippen molar-refractivity contribution in [3.05, 3.63) is 0 Å². The molecule has 0 spiro atoms. The summed E-state index contributed by atoms with van der Waals surface area (Å²) in [6.07, 6.45) is 1.72. The normalized spacial score (nSPS) is 15.9. The molecule has 37 heavy (non-hydrogen) atoms. The van der Waals surface area contributed by atoms with Gasteiger partial charge in [-0.25, -0.2) is 4.79 Å². The van der Waals surface area contributed by atoms with Crippen molar-refractivity contribution in [1.29, 1.82) is 0 Å². The highest BCUT2D eigenvalue weighted by atomic mass is 32.2. The Hall–Kier alpha value is -2.87. The van der Waals surface area contributed by atoms with Gasteiger partial charge in [-0.2, -0.15) is 11.8 Å². The lowest BCUT2D eigenvalue weighted by Gasteiger charge is -2.29. The number of amides is 4. The van der Waals surface area contributed by atoms with Crippen LogP contribution in [0.15, 0.2) is 0 Å². The fourth-order valence-electron chi connectivity index (χ4n) is 3.18. The first kappa shape index (κ1) is 34.1. The molecule has 0 aliphatic heterocycles. The third-order valence-electron chi connectivity index (χ3n) is 5.69. The number of nitrogens with two attached hydrogens (primary N) is 1. The quantitative estimate of drug-likeness (QED) is 0.121. The van der Waals surface area contributed by atoms with Crippen LogP contribution < -0.4 is 27.0 Å². The Bertz CT molecular complexity index is 823. The molecule has 212 valence electrons. The van der Waals surface area contributed by atoms with Gasteiger partial charge in [0.25, 0.3) is 0 Å². The lowest BCUT2D eigenvalue weighted by Crippen LogP contribution is -2.60. The van der Waals surface area contributed by atoms with Crippen LogP contribution in [0, 0.1) is 11.8 Å². The van der Waals surface area contributed by atoms with Crippen molar-refractivity contribution in [2.75, 3.05) is 12.0 Å². The summed E-state index contributed by atoms with van der Waals surface area (Å²) < 4.78 is 0. The number of carbonyl (C=O) groups excluding carboxylic acids is 4. The fourth-order valence-corrected chi connectivity index (χ4v) is 3.65. The summed E-state index contributed by atoms with van der Waals surface area (Å²) in [6.45, 7) is 8.18. The summed E-state index contributed by atoms with van der Waals surface area (Å²) in [5.74, 6) is -5.91. The molecule has 0 saturated heterocycles. The summed E-state index contributed by atoms with van der Waals surface area (Å²) in [6, 6.07) is -5.86. The maximum absolute atomic E-state index is 13.2. The smallest absolute Gasteiger partial charge is 0.326 e. The second-order valence-electron chi connectivity index (χ2n) is 9.23. The highest BCUT2D eigenvalue weighted by Gasteiger charge is 2.35. The molecule has 0 fully saturated rings. The first-order valence-corrected chi connectivity index (χ1v) is 13.5. The van der Waals surface area contributed by atoms with E-state index in [-0.39, 0.29) is 6.42 Å². The summed E-state index contributed by atoms with van der Waals surface area (Å²) >= 11 is 1.43. The monoisotopic (exact) mass is 547 g/mol. The van der Waals surface area contributed by atoms with Gasteiger partial charge in [-0.05, 0) is 37.2 Å². The van der Waals surface area contributed by atoms with Gasteiger partial charge in [0.15, 0.2) is 0 Å². The van der Waals surface area contributed by atoms with Crippen molar-refractivity contribution in [2.24, 2.45) is 17.6 Å². The van der Waals surface area contributed by atoms with Crippen LogP contribution in [-0.2, 0) is 28.8 Å². The first-order valence-electron chi connectivity index (χ1n) is 12.1. The van der Waals surface area contributed by atoms with Gasteiger partial charge in [0.05, 0.1) is 12.5 Å². The number of thioether (sulfide) groups is 1. The molecule has 0 aromatic carbocycles. The molecule has 0 bridgehead atoms. The van der Waals surface area contributed by atoms with Gasteiger partial charge in [-0.3, -0.25) is 24.0 Å². The molecular weight excluding hydrogens is 506 g/mol. The van der Waals surface area contributed by atoms with Crippen LogP contribution in [0.4, 0.5) is 0 Å². The number of carbonyl (C=O) groups is 6. The number of carboxylic acid groups (broad SMARTS) is 2. The van der Waals surface area contributed by atoms with E-state index >= 15 is 0 Å². The molecule has 0 radical (unpaired) electrons. The van der Waals surface area contributed by atoms with Crippen LogP contribution in [0.2, 0.25) is 0 Å². The first-order chi connectivity index (χ1) is 17.2. The van der Waals surface area contributed by atoms with E-state index in [0.717, 1.165) is 0 Å². The minimum absolute atomic E-state index is 0.199. The number of hydrogen-bond acceptors (Lipinski definition) is 8. The molecule has 0 heterocycles. The van der Waals surface area contributed by atoms with Crippen molar-refractivity contribution in [2.45, 2.75) is 84.1 Å². The standard InChI is InChI=1S/C23H41N5O8S/c1-7-12(4)18(28-20(32)15(10-16(29)30)26-19(31)13(5)24)22(34)27-17(11(2)3)21(33)25-14(23(35)36)8-9-37-6/h11-15,17-18H,7-10,24H2,1-6H3,(H,25,33)(H,26,31)(H,27,34)(H,28,32)(H,29,30)(H,35,36)/t12-,13-,14-,15-,17-,18-/m0/s1. The third-order valence-corrected chi connectivity index (χ3v) is 6.33. The average Bonchev–Trinajstić information content (AvgIpc) is 2.81. The second-order valence-corrected chi connectivity index (χ2v) is 10.2. The summed E-state index contributed by atoms with van der Waals surface area (Å²) in [5, 5.41) is 28.4. The molecule has 0 saturated carbocycles. The fraction of sp³-hybridized carbons (Fsp3) is 0.739. The molecule has 13 nitrogen and oxygen atoms in total. The molecule has 14 heteroatoms. The van der Waals surface area contributed by atoms with E-state index in [1.165, 1.54) is 18.7 Å². The van der Waals surface area contributed by atoms with Gasteiger partial charge in [-0.15, -0.1) is 0 Å². The number of carboxylic acids is 2. The van der Waals surface area contributed by atoms with Gasteiger partial charge in [-0.1, -0.05) is 34.1 Å². The Morgan fingerprint density at radius 3 is 1.73 bits per heavy atom. The van der Waals surface area contributed by atoms with Crippen molar-refractivity contribution in [1.82, 2.24) is 21.3 Å². The van der Waals surface area contributed by atoms with Crippen molar-refractivity contribution >= 4 is 47.3 Å². The lowest BCUT2D eigenvalue weighted by molar-refractivity contribution is -0.142. The van der Waals surface area contributed by atoms with E-state index in [4.69, 9.17) is 10.8 Å². The second kappa shape index (κ2) is 16.8. The Kier molecular flexibility index (Phi) is 15.5. The topological polar surface area (TPSA) is 217 Å². The number of nitrogens with one attached hydrogen (secondary N) is 4. The van der Waals surface area contributed by atoms with Crippen molar-refractivity contribution < 1.29 is 39.0 Å². The van der Waals surface area contributed by atoms with E-state index in [9.17, 15) is 33.9 Å². The predicted octanol–water partition coefficient (Wildman–Crippen LogP) is -0.713. The molecule has 0 aliphatic carbocycles. The summed E-state index contributed by atoms with van der Waals surface area (Å²) in [4.78, 5) is 73.7. The van der Waals surface area contributed by atoms with E-state index in [1.54, 1.807) is 27.7 Å². The average molecular weight is 548 g/mol. The lowest BCUT2D eigenvalue weighted by atomic mass is 9.96. The summed E-state index contributed by atoms with van der Waals surface area (Å²) in [5.41, 5.74) is 5.49. The van der Waals surface area contributed by atoms with Gasteiger partial charge >= 0.3 is 11.9 Å². The summed E-state index contributed by atoms with van der Waals surface area (Å²) in [7, 11) is 0. The maximum Gasteiger partial charge on any atom is 0.326 e. The Labute approximate surface area is 221 Å². The Morgan fingerprint density at radius 2 is 1.30 bits per heavy atom. The maximum atomic E-state index is 13.2. The Morgan fingerprint density at radius 1 is 0.784 bits per heavy atom. The van der Waals surface area contributed by atoms with Gasteiger partial charge < -0.3 is 37.2 Å². The van der Waals surface area contributed by atoms with Crippen LogP contribution in [0.1, 0.15) is 53.9 Å². The van der Waals surface area contributed by atoms with Crippen LogP contribution in [0.3, 0.4) is 0 Å². The number of hydrogen-bond donors (Lipinski definition) is 7. The Balaban J connectivity index is 5.75. The van der Waals surface area contributed by atoms with E-state index in [0.29, 0.717) is 12.2 Å². The minimum Gasteiger partial charge on any atom is -0.481 e. The highest BCUT2D eigenvalue weighted by molar-refractivity contribution is 7.98. The van der Waals surface area contributed by atoms with Crippen LogP contribution in [0.25, 0.3) is 0 Å². The van der Waals surface area contributed by atoms with E-state index < -0.39 is 84.0 Å². The van der Waals surface area contributed by atoms with Crippen LogP contribution in [-0.4, -0.2) is 88.0 Å². The molecule has 8 N–H and O–H groups in total. The van der Waals surface area contributed by atoms with Crippen molar-refractivity contribution in [3.8, 4) is 0 Å². The van der Waals surface area contributed by atoms with Gasteiger partial charge in [0.2, 0.25) is 23.6 Å². The highest BCUT2D eigenvalue weighted by Crippen LogP contribution is 2.12. The molecular formula is C23H41N5O8S. The van der Waals surface area contributed by atoms with Crippen molar-refractivity contribution in [3.63, 3.8) is 0 Å². The zero-order chi connectivity index (χ0) is 28.9. The van der Waals surface area contributed by atoms with E-state index in [1.807, 2.05) is 6.26 Å². The van der Waals surface area contributed by atoms with Gasteiger partial charge in [0.1, 0.15) is 24.2 Å². The molecule has 0 rings (SSSR count). The molecule has 0 aromatic heterocycles. The van der Waals surface area contributed by atoms with Crippen LogP contribution in [0.5, 0.6) is 0 Å². The van der Waals surface area contributed by atoms with Gasteiger partial charge in [0, 0.05) is 0 Å². The number of rotatable bonds is 17. The molecule has 4 amide bonds. The van der Waals surface area contributed by atoms with Crippen LogP contribution >= 0.6 is 11.8 Å². The molecule has 6 atom stereocenters. The molecule has 0 aromatic rings. The zero-order valence-electron chi connectivity index (χ0n) is 22.2. The molecule has 0 aliphatic rings. The largest absolute Gasteiger partial charge is 0.481 e. The predicted molar refractivity (Wildman–Crippen MR) is 139 cm³/mol. The van der Waals surface area contributed by atoms with E-state index in [2.05, 4.69) is 21.3 Å².